The fourth-order valence-electron chi connectivity index (χ4n) is 3.22. The molecule has 0 aliphatic heterocycles. The van der Waals surface area contributed by atoms with Crippen molar-refractivity contribution in [2.24, 2.45) is 0 Å². The number of amides is 1. The summed E-state index contributed by atoms with van der Waals surface area (Å²) < 4.78 is 19.9. The van der Waals surface area contributed by atoms with Crippen LogP contribution in [0.2, 0.25) is 0 Å². The number of nitrogens with one attached hydrogen (secondary N) is 1. The van der Waals surface area contributed by atoms with Crippen molar-refractivity contribution in [1.29, 1.82) is 0 Å². The molecule has 0 fully saturated rings. The van der Waals surface area contributed by atoms with Crippen LogP contribution in [0, 0.1) is 5.82 Å². The number of ether oxygens (including phenoxy) is 1. The highest BCUT2D eigenvalue weighted by molar-refractivity contribution is 5.95. The van der Waals surface area contributed by atoms with Gasteiger partial charge in [-0.3, -0.25) is 9.78 Å². The molecule has 4 rings (SSSR count). The maximum Gasteiger partial charge on any atom is 0.325 e. The molecule has 0 radical (unpaired) electrons. The molecule has 0 aliphatic carbocycles. The number of hydrogen-bond acceptors (Lipinski definition) is 7. The third kappa shape index (κ3) is 4.82. The Balaban J connectivity index is 1.53. The number of anilines is 2. The fourth-order valence-corrected chi connectivity index (χ4v) is 3.22. The number of carbonyl (C=O) groups excluding carboxylic acids is 1. The molecule has 0 unspecified atom stereocenters. The first-order valence-electron chi connectivity index (χ1n) is 10.2. The van der Waals surface area contributed by atoms with Gasteiger partial charge in [0.25, 0.3) is 5.91 Å². The largest absolute Gasteiger partial charge is 0.493 e. The number of aromatic hydroxyl groups is 1. The van der Waals surface area contributed by atoms with E-state index in [9.17, 15) is 14.3 Å². The van der Waals surface area contributed by atoms with Gasteiger partial charge in [0.05, 0.1) is 22.7 Å². The van der Waals surface area contributed by atoms with Crippen molar-refractivity contribution in [2.75, 3.05) is 11.9 Å². The normalized spacial score (nSPS) is 10.9. The summed E-state index contributed by atoms with van der Waals surface area (Å²) >= 11 is 0. The van der Waals surface area contributed by atoms with Crippen LogP contribution in [-0.2, 0) is 0 Å². The lowest BCUT2D eigenvalue weighted by Gasteiger charge is -2.21. The third-order valence-electron chi connectivity index (χ3n) is 4.89. The Labute approximate surface area is 189 Å². The van der Waals surface area contributed by atoms with Crippen LogP contribution in [0.5, 0.6) is 17.6 Å². The molecule has 4 aromatic rings. The van der Waals surface area contributed by atoms with Crippen LogP contribution < -0.4 is 15.0 Å². The van der Waals surface area contributed by atoms with Crippen molar-refractivity contribution in [3.8, 4) is 17.6 Å². The van der Waals surface area contributed by atoms with Crippen LogP contribution in [0.3, 0.4) is 0 Å². The van der Waals surface area contributed by atoms with Gasteiger partial charge in [0.15, 0.2) is 0 Å². The van der Waals surface area contributed by atoms with Gasteiger partial charge in [-0.1, -0.05) is 0 Å². The SMILES string of the molecule is CC(C)NC(=O)c1cc(N(C)c2ccc(Oc3nc(O)c4ccncc4n3)cc2)ccc1F. The van der Waals surface area contributed by atoms with Crippen molar-refractivity contribution < 1.29 is 19.0 Å². The van der Waals surface area contributed by atoms with Crippen LogP contribution in [0.15, 0.2) is 60.9 Å². The Morgan fingerprint density at radius 2 is 1.82 bits per heavy atom. The number of aromatic nitrogens is 3. The molecular weight excluding hydrogens is 425 g/mol. The minimum atomic E-state index is -0.581. The molecule has 0 saturated heterocycles. The molecule has 0 saturated carbocycles. The van der Waals surface area contributed by atoms with Crippen molar-refractivity contribution >= 4 is 28.2 Å². The van der Waals surface area contributed by atoms with E-state index < -0.39 is 11.7 Å². The zero-order valence-electron chi connectivity index (χ0n) is 18.3. The minimum Gasteiger partial charge on any atom is -0.493 e. The summed E-state index contributed by atoms with van der Waals surface area (Å²) in [4.78, 5) is 26.3. The first kappa shape index (κ1) is 21.9. The van der Waals surface area contributed by atoms with Crippen LogP contribution in [-0.4, -0.2) is 39.1 Å². The summed E-state index contributed by atoms with van der Waals surface area (Å²) in [5, 5.41) is 13.3. The molecule has 2 aromatic heterocycles. The Morgan fingerprint density at radius 3 is 2.55 bits per heavy atom. The third-order valence-corrected chi connectivity index (χ3v) is 4.89. The summed E-state index contributed by atoms with van der Waals surface area (Å²) in [7, 11) is 1.81. The number of hydrogen-bond donors (Lipinski definition) is 2. The van der Waals surface area contributed by atoms with E-state index in [1.165, 1.54) is 18.3 Å². The molecule has 9 heteroatoms. The Bertz CT molecular complexity index is 1310. The molecule has 2 aromatic carbocycles. The summed E-state index contributed by atoms with van der Waals surface area (Å²) in [5.74, 6) is -0.772. The second-order valence-corrected chi connectivity index (χ2v) is 7.67. The summed E-state index contributed by atoms with van der Waals surface area (Å²) in [5.41, 5.74) is 1.88. The van der Waals surface area contributed by atoms with E-state index in [0.29, 0.717) is 22.3 Å². The highest BCUT2D eigenvalue weighted by atomic mass is 19.1. The van der Waals surface area contributed by atoms with Crippen LogP contribution in [0.1, 0.15) is 24.2 Å². The summed E-state index contributed by atoms with van der Waals surface area (Å²) in [6.45, 7) is 3.63. The molecule has 8 nitrogen and oxygen atoms in total. The lowest BCUT2D eigenvalue weighted by Crippen LogP contribution is -2.30. The van der Waals surface area contributed by atoms with E-state index in [1.807, 2.05) is 25.8 Å². The smallest absolute Gasteiger partial charge is 0.325 e. The standard InChI is InChI=1S/C24H22FN5O3/c1-14(2)27-23(32)19-12-16(6-9-20(19)25)30(3)15-4-7-17(8-5-15)33-24-28-21-13-26-11-10-18(21)22(31)29-24/h4-14H,1-3H3,(H,27,32)(H,28,29,31). The summed E-state index contributed by atoms with van der Waals surface area (Å²) in [6, 6.07) is 12.9. The lowest BCUT2D eigenvalue weighted by atomic mass is 10.1. The number of halogens is 1. The lowest BCUT2D eigenvalue weighted by molar-refractivity contribution is 0.0939. The number of rotatable bonds is 6. The van der Waals surface area contributed by atoms with Gasteiger partial charge < -0.3 is 20.1 Å². The average molecular weight is 447 g/mol. The molecule has 0 atom stereocenters. The first-order valence-corrected chi connectivity index (χ1v) is 10.2. The van der Waals surface area contributed by atoms with Gasteiger partial charge in [0, 0.05) is 30.7 Å². The van der Waals surface area contributed by atoms with Gasteiger partial charge in [-0.05, 0) is 62.4 Å². The van der Waals surface area contributed by atoms with E-state index in [1.54, 1.807) is 42.6 Å². The second-order valence-electron chi connectivity index (χ2n) is 7.67. The van der Waals surface area contributed by atoms with Crippen molar-refractivity contribution in [3.63, 3.8) is 0 Å². The monoisotopic (exact) mass is 447 g/mol. The molecule has 168 valence electrons. The fraction of sp³-hybridized carbons (Fsp3) is 0.167. The van der Waals surface area contributed by atoms with Gasteiger partial charge in [0.2, 0.25) is 5.88 Å². The molecule has 2 heterocycles. The van der Waals surface area contributed by atoms with Gasteiger partial charge in [0.1, 0.15) is 11.6 Å². The van der Waals surface area contributed by atoms with Gasteiger partial charge in [-0.25, -0.2) is 4.39 Å². The van der Waals surface area contributed by atoms with Gasteiger partial charge in [-0.15, -0.1) is 0 Å². The molecule has 33 heavy (non-hydrogen) atoms. The van der Waals surface area contributed by atoms with E-state index >= 15 is 0 Å². The predicted molar refractivity (Wildman–Crippen MR) is 123 cm³/mol. The Kier molecular flexibility index (Phi) is 6.03. The Hall–Kier alpha value is -4.27. The average Bonchev–Trinajstić information content (AvgIpc) is 2.79. The first-order chi connectivity index (χ1) is 15.8. The minimum absolute atomic E-state index is 0.00607. The van der Waals surface area contributed by atoms with Crippen molar-refractivity contribution in [3.05, 3.63) is 72.3 Å². The zero-order chi connectivity index (χ0) is 23.5. The van der Waals surface area contributed by atoms with E-state index in [0.717, 1.165) is 5.69 Å². The van der Waals surface area contributed by atoms with Crippen LogP contribution >= 0.6 is 0 Å². The van der Waals surface area contributed by atoms with Gasteiger partial charge >= 0.3 is 6.01 Å². The zero-order valence-corrected chi connectivity index (χ0v) is 18.3. The number of carbonyl (C=O) groups is 1. The summed E-state index contributed by atoms with van der Waals surface area (Å²) in [6.07, 6.45) is 3.06. The topological polar surface area (TPSA) is 100 Å². The molecule has 0 aliphatic rings. The number of benzene rings is 2. The van der Waals surface area contributed by atoms with Crippen LogP contribution in [0.25, 0.3) is 10.9 Å². The number of fused-ring (bicyclic) bond motifs is 1. The quantitative estimate of drug-likeness (QED) is 0.447. The number of pyridine rings is 1. The molecule has 2 N–H and O–H groups in total. The van der Waals surface area contributed by atoms with Crippen molar-refractivity contribution in [2.45, 2.75) is 19.9 Å². The highest BCUT2D eigenvalue weighted by Crippen LogP contribution is 2.29. The maximum atomic E-state index is 14.2. The number of nitrogens with zero attached hydrogens (tertiary/aromatic N) is 4. The van der Waals surface area contributed by atoms with Gasteiger partial charge in [-0.2, -0.15) is 9.97 Å². The molecule has 0 bridgehead atoms. The highest BCUT2D eigenvalue weighted by Gasteiger charge is 2.16. The predicted octanol–water partition coefficient (Wildman–Crippen LogP) is 4.57. The molecule has 1 amide bonds. The molecule has 0 spiro atoms. The molecular formula is C24H22FN5O3. The van der Waals surface area contributed by atoms with E-state index in [-0.39, 0.29) is 23.5 Å². The van der Waals surface area contributed by atoms with E-state index in [4.69, 9.17) is 4.74 Å². The Morgan fingerprint density at radius 1 is 1.09 bits per heavy atom. The van der Waals surface area contributed by atoms with Crippen molar-refractivity contribution in [1.82, 2.24) is 20.3 Å². The van der Waals surface area contributed by atoms with Crippen LogP contribution in [0.4, 0.5) is 15.8 Å². The maximum absolute atomic E-state index is 14.2. The van der Waals surface area contributed by atoms with E-state index in [2.05, 4.69) is 20.3 Å². The second kappa shape index (κ2) is 9.07.